The molecule has 1 atom stereocenters. The molecule has 2 rings (SSSR count). The second-order valence-corrected chi connectivity index (χ2v) is 4.35. The van der Waals surface area contributed by atoms with Crippen LogP contribution in [0.25, 0.3) is 0 Å². The Labute approximate surface area is 105 Å². The predicted molar refractivity (Wildman–Crippen MR) is 66.1 cm³/mol. The van der Waals surface area contributed by atoms with Gasteiger partial charge < -0.3 is 10.2 Å². The Morgan fingerprint density at radius 2 is 2.24 bits per heavy atom. The summed E-state index contributed by atoms with van der Waals surface area (Å²) in [5.41, 5.74) is 0. The molecule has 6 heteroatoms. The molecule has 0 aromatic carbocycles. The van der Waals surface area contributed by atoms with Crippen LogP contribution in [0.2, 0.25) is 5.15 Å². The normalized spacial score (nSPS) is 20.1. The number of rotatable bonds is 2. The van der Waals surface area contributed by atoms with Crippen LogP contribution >= 0.6 is 11.6 Å². The lowest BCUT2D eigenvalue weighted by atomic mass is 10.0. The maximum absolute atomic E-state index is 11.8. The highest BCUT2D eigenvalue weighted by Gasteiger charge is 2.30. The van der Waals surface area contributed by atoms with Crippen LogP contribution in [0.3, 0.4) is 0 Å². The molecule has 0 saturated carbocycles. The maximum Gasteiger partial charge on any atom is 0.242 e. The van der Waals surface area contributed by atoms with E-state index < -0.39 is 0 Å². The summed E-state index contributed by atoms with van der Waals surface area (Å²) >= 11 is 6.02. The number of likely N-dealkylation sites (N-methyl/N-ethyl adjacent to an activating group) is 1. The highest BCUT2D eigenvalue weighted by molar-refractivity contribution is 6.31. The van der Waals surface area contributed by atoms with Crippen molar-refractivity contribution < 1.29 is 4.79 Å². The Morgan fingerprint density at radius 3 is 2.94 bits per heavy atom. The minimum absolute atomic E-state index is 0.00594. The van der Waals surface area contributed by atoms with Crippen molar-refractivity contribution in [1.82, 2.24) is 15.3 Å². The fraction of sp³-hybridized carbons (Fsp3) is 0.545. The Kier molecular flexibility index (Phi) is 3.78. The Balaban J connectivity index is 2.28. The van der Waals surface area contributed by atoms with Gasteiger partial charge in [-0.1, -0.05) is 11.6 Å². The number of anilines is 1. The Hall–Kier alpha value is -1.36. The van der Waals surface area contributed by atoms with Crippen LogP contribution in [0.5, 0.6) is 0 Å². The van der Waals surface area contributed by atoms with E-state index in [4.69, 9.17) is 11.6 Å². The van der Waals surface area contributed by atoms with Crippen molar-refractivity contribution in [3.8, 4) is 0 Å². The molecule has 1 aromatic rings. The molecule has 0 aliphatic carbocycles. The molecule has 17 heavy (non-hydrogen) atoms. The van der Waals surface area contributed by atoms with Gasteiger partial charge in [0, 0.05) is 26.0 Å². The number of nitrogens with one attached hydrogen (secondary N) is 1. The second kappa shape index (κ2) is 5.31. The van der Waals surface area contributed by atoms with E-state index in [1.807, 2.05) is 4.90 Å². The van der Waals surface area contributed by atoms with Crippen molar-refractivity contribution in [3.63, 3.8) is 0 Å². The van der Waals surface area contributed by atoms with Crippen LogP contribution in [0.4, 0.5) is 5.82 Å². The summed E-state index contributed by atoms with van der Waals surface area (Å²) in [6.45, 7) is 0.788. The van der Waals surface area contributed by atoms with Gasteiger partial charge in [-0.3, -0.25) is 4.79 Å². The van der Waals surface area contributed by atoms with Gasteiger partial charge in [0.2, 0.25) is 5.91 Å². The van der Waals surface area contributed by atoms with Crippen molar-refractivity contribution in [2.75, 3.05) is 18.5 Å². The van der Waals surface area contributed by atoms with Gasteiger partial charge >= 0.3 is 0 Å². The lowest BCUT2D eigenvalue weighted by Crippen LogP contribution is -2.49. The minimum Gasteiger partial charge on any atom is -0.357 e. The van der Waals surface area contributed by atoms with Gasteiger partial charge in [-0.15, -0.1) is 0 Å². The van der Waals surface area contributed by atoms with Crippen LogP contribution in [0.15, 0.2) is 12.4 Å². The van der Waals surface area contributed by atoms with E-state index in [1.54, 1.807) is 19.4 Å². The molecule has 2 heterocycles. The molecule has 5 nitrogen and oxygen atoms in total. The zero-order valence-electron chi connectivity index (χ0n) is 9.69. The molecule has 1 amide bonds. The SMILES string of the molecule is CNC(=O)C1CCCCN1c1nccnc1Cl. The third-order valence-corrected chi connectivity index (χ3v) is 3.23. The van der Waals surface area contributed by atoms with Crippen LogP contribution in [-0.2, 0) is 4.79 Å². The largest absolute Gasteiger partial charge is 0.357 e. The number of carbonyl (C=O) groups is 1. The van der Waals surface area contributed by atoms with E-state index in [0.29, 0.717) is 11.0 Å². The van der Waals surface area contributed by atoms with Crippen molar-refractivity contribution in [3.05, 3.63) is 17.5 Å². The van der Waals surface area contributed by atoms with Crippen LogP contribution in [0, 0.1) is 0 Å². The number of amides is 1. The highest BCUT2D eigenvalue weighted by Crippen LogP contribution is 2.27. The summed E-state index contributed by atoms with van der Waals surface area (Å²) in [6, 6.07) is -0.192. The fourth-order valence-corrected chi connectivity index (χ4v) is 2.34. The molecule has 1 N–H and O–H groups in total. The lowest BCUT2D eigenvalue weighted by Gasteiger charge is -2.35. The molecular weight excluding hydrogens is 240 g/mol. The molecule has 1 aromatic heterocycles. The summed E-state index contributed by atoms with van der Waals surface area (Å²) in [5, 5.41) is 3.03. The Morgan fingerprint density at radius 1 is 1.47 bits per heavy atom. The molecular formula is C11H15ClN4O. The van der Waals surface area contributed by atoms with E-state index in [0.717, 1.165) is 25.8 Å². The molecule has 1 aliphatic heterocycles. The third-order valence-electron chi connectivity index (χ3n) is 2.96. The van der Waals surface area contributed by atoms with Crippen molar-refractivity contribution in [2.45, 2.75) is 25.3 Å². The smallest absolute Gasteiger partial charge is 0.242 e. The molecule has 1 unspecified atom stereocenters. The van der Waals surface area contributed by atoms with Gasteiger partial charge in [-0.05, 0) is 19.3 Å². The van der Waals surface area contributed by atoms with Crippen LogP contribution in [-0.4, -0.2) is 35.5 Å². The Bertz CT molecular complexity index is 412. The molecule has 1 fully saturated rings. The minimum atomic E-state index is -0.192. The van der Waals surface area contributed by atoms with Crippen molar-refractivity contribution in [2.24, 2.45) is 0 Å². The van der Waals surface area contributed by atoms with Crippen LogP contribution < -0.4 is 10.2 Å². The number of hydrogen-bond donors (Lipinski definition) is 1. The monoisotopic (exact) mass is 254 g/mol. The number of aromatic nitrogens is 2. The number of piperidine rings is 1. The predicted octanol–water partition coefficient (Wildman–Crippen LogP) is 1.23. The number of halogens is 1. The van der Waals surface area contributed by atoms with E-state index in [1.165, 1.54) is 0 Å². The molecule has 0 spiro atoms. The van der Waals surface area contributed by atoms with Gasteiger partial charge in [0.15, 0.2) is 11.0 Å². The zero-order chi connectivity index (χ0) is 12.3. The fourth-order valence-electron chi connectivity index (χ4n) is 2.13. The van der Waals surface area contributed by atoms with E-state index in [-0.39, 0.29) is 11.9 Å². The van der Waals surface area contributed by atoms with Gasteiger partial charge in [-0.25, -0.2) is 9.97 Å². The first-order valence-corrected chi connectivity index (χ1v) is 6.06. The summed E-state index contributed by atoms with van der Waals surface area (Å²) in [5.74, 6) is 0.605. The van der Waals surface area contributed by atoms with Gasteiger partial charge in [-0.2, -0.15) is 0 Å². The maximum atomic E-state index is 11.8. The first-order chi connectivity index (χ1) is 8.24. The van der Waals surface area contributed by atoms with Gasteiger partial charge in [0.25, 0.3) is 0 Å². The second-order valence-electron chi connectivity index (χ2n) is 3.99. The van der Waals surface area contributed by atoms with E-state index in [2.05, 4.69) is 15.3 Å². The summed E-state index contributed by atoms with van der Waals surface area (Å²) in [7, 11) is 1.65. The third kappa shape index (κ3) is 2.49. The average molecular weight is 255 g/mol. The summed E-state index contributed by atoms with van der Waals surface area (Å²) < 4.78 is 0. The van der Waals surface area contributed by atoms with Crippen molar-refractivity contribution >= 4 is 23.3 Å². The first-order valence-electron chi connectivity index (χ1n) is 5.69. The topological polar surface area (TPSA) is 58.1 Å². The lowest BCUT2D eigenvalue weighted by molar-refractivity contribution is -0.122. The number of carbonyl (C=O) groups excluding carboxylic acids is 1. The highest BCUT2D eigenvalue weighted by atomic mass is 35.5. The van der Waals surface area contributed by atoms with Crippen LogP contribution in [0.1, 0.15) is 19.3 Å². The molecule has 1 aliphatic rings. The molecule has 0 bridgehead atoms. The number of hydrogen-bond acceptors (Lipinski definition) is 4. The summed E-state index contributed by atoms with van der Waals surface area (Å²) in [4.78, 5) is 22.0. The van der Waals surface area contributed by atoms with Crippen molar-refractivity contribution in [1.29, 1.82) is 0 Å². The zero-order valence-corrected chi connectivity index (χ0v) is 10.4. The van der Waals surface area contributed by atoms with E-state index in [9.17, 15) is 4.79 Å². The number of nitrogens with zero attached hydrogens (tertiary/aromatic N) is 3. The van der Waals surface area contributed by atoms with Gasteiger partial charge in [0.05, 0.1) is 0 Å². The molecule has 0 radical (unpaired) electrons. The first kappa shape index (κ1) is 12.1. The average Bonchev–Trinajstić information content (AvgIpc) is 2.38. The quantitative estimate of drug-likeness (QED) is 0.863. The molecule has 1 saturated heterocycles. The summed E-state index contributed by atoms with van der Waals surface area (Å²) in [6.07, 6.45) is 6.06. The van der Waals surface area contributed by atoms with Gasteiger partial charge in [0.1, 0.15) is 6.04 Å². The van der Waals surface area contributed by atoms with E-state index >= 15 is 0 Å². The standard InChI is InChI=1S/C11H15ClN4O/c1-13-11(17)8-4-2-3-7-16(8)10-9(12)14-5-6-15-10/h5-6,8H,2-4,7H2,1H3,(H,13,17). The molecule has 92 valence electrons.